The summed E-state index contributed by atoms with van der Waals surface area (Å²) in [6, 6.07) is 0. The van der Waals surface area contributed by atoms with Gasteiger partial charge in [0.15, 0.2) is 9.84 Å². The van der Waals surface area contributed by atoms with E-state index >= 15 is 0 Å². The molecule has 6 nitrogen and oxygen atoms in total. The monoisotopic (exact) mass is 404 g/mol. The van der Waals surface area contributed by atoms with Crippen LogP contribution in [-0.2, 0) is 29.5 Å². The van der Waals surface area contributed by atoms with Gasteiger partial charge in [0.2, 0.25) is 0 Å². The molecule has 0 fully saturated rings. The lowest BCUT2D eigenvalue weighted by Gasteiger charge is -2.20. The second-order valence-electron chi connectivity index (χ2n) is 3.36. The Morgan fingerprint density at radius 3 is 1.24 bits per heavy atom. The normalized spacial score (nSPS) is 15.4. The van der Waals surface area contributed by atoms with Crippen LogP contribution < -0.4 is 0 Å². The summed E-state index contributed by atoms with van der Waals surface area (Å²) in [5.41, 5.74) is -13.0. The fourth-order valence-electron chi connectivity index (χ4n) is 0.994. The molecular weight excluding hydrogens is 398 g/mol. The lowest BCUT2D eigenvalue weighted by molar-refractivity contribution is -0.0462. The van der Waals surface area contributed by atoms with Crippen LogP contribution in [0.1, 0.15) is 0 Å². The van der Waals surface area contributed by atoms with Gasteiger partial charge in [0.05, 0.1) is 5.75 Å². The van der Waals surface area contributed by atoms with E-state index in [1.54, 1.807) is 0 Å². The lowest BCUT2D eigenvalue weighted by atomic mass is 11.0. The molecule has 0 aliphatic rings. The zero-order chi connectivity index (χ0) is 17.5. The third kappa shape index (κ3) is 3.95. The minimum Gasteiger partial charge on any atom is -0.226 e. The molecular formula is C5H6F6O6S4. The molecule has 0 radical (unpaired) electrons. The predicted octanol–water partition coefficient (Wildman–Crippen LogP) is 0.484. The van der Waals surface area contributed by atoms with E-state index in [1.807, 2.05) is 0 Å². The quantitative estimate of drug-likeness (QED) is 0.528. The van der Waals surface area contributed by atoms with Crippen molar-refractivity contribution in [1.29, 1.82) is 0 Å². The second-order valence-corrected chi connectivity index (χ2v) is 11.0. The van der Waals surface area contributed by atoms with Crippen molar-refractivity contribution < 1.29 is 51.6 Å². The van der Waals surface area contributed by atoms with Crippen molar-refractivity contribution in [2.45, 2.75) is 14.9 Å². The van der Waals surface area contributed by atoms with Crippen LogP contribution in [0, 0.1) is 0 Å². The first-order valence-electron chi connectivity index (χ1n) is 4.35. The summed E-state index contributed by atoms with van der Waals surface area (Å²) in [7, 11) is -20.2. The van der Waals surface area contributed by atoms with E-state index in [9.17, 15) is 51.6 Å². The minimum absolute atomic E-state index is 0.889. The summed E-state index contributed by atoms with van der Waals surface area (Å²) in [6.07, 6.45) is 0. The van der Waals surface area contributed by atoms with Crippen molar-refractivity contribution in [2.24, 2.45) is 0 Å². The number of halogens is 6. The molecule has 0 rings (SSSR count). The number of sulfone groups is 3. The van der Waals surface area contributed by atoms with E-state index in [-0.39, 0.29) is 0 Å². The van der Waals surface area contributed by atoms with E-state index < -0.39 is 55.9 Å². The van der Waals surface area contributed by atoms with Gasteiger partial charge in [-0.2, -0.15) is 39.0 Å². The smallest absolute Gasteiger partial charge is 0.226 e. The molecule has 0 amide bonds. The molecule has 0 saturated heterocycles. The minimum atomic E-state index is -7.19. The van der Waals surface area contributed by atoms with Crippen molar-refractivity contribution in [3.05, 3.63) is 0 Å². The molecule has 0 saturated carbocycles. The molecule has 0 aromatic rings. The maximum atomic E-state index is 12.3. The zero-order valence-corrected chi connectivity index (χ0v) is 12.7. The van der Waals surface area contributed by atoms with E-state index in [0.717, 1.165) is 0 Å². The van der Waals surface area contributed by atoms with Crippen molar-refractivity contribution in [1.82, 2.24) is 0 Å². The van der Waals surface area contributed by atoms with Crippen LogP contribution in [0.2, 0.25) is 0 Å². The molecule has 0 aliphatic carbocycles. The Balaban J connectivity index is 6.66. The Bertz CT molecular complexity index is 639. The van der Waals surface area contributed by atoms with Gasteiger partial charge in [0, 0.05) is 5.75 Å². The van der Waals surface area contributed by atoms with Crippen LogP contribution >= 0.6 is 12.6 Å². The van der Waals surface area contributed by atoms with Gasteiger partial charge in [-0.1, -0.05) is 0 Å². The van der Waals surface area contributed by atoms with Crippen molar-refractivity contribution in [3.8, 4) is 0 Å². The van der Waals surface area contributed by atoms with Crippen molar-refractivity contribution in [3.63, 3.8) is 0 Å². The van der Waals surface area contributed by atoms with Crippen LogP contribution in [0.25, 0.3) is 0 Å². The predicted molar refractivity (Wildman–Crippen MR) is 61.4 cm³/mol. The molecule has 0 spiro atoms. The van der Waals surface area contributed by atoms with Crippen molar-refractivity contribution in [2.75, 3.05) is 11.5 Å². The van der Waals surface area contributed by atoms with Crippen LogP contribution in [0.5, 0.6) is 0 Å². The van der Waals surface area contributed by atoms with Crippen LogP contribution in [0.15, 0.2) is 0 Å². The molecule has 0 N–H and O–H groups in total. The Morgan fingerprint density at radius 1 is 0.762 bits per heavy atom. The molecule has 21 heavy (non-hydrogen) atoms. The molecule has 16 heteroatoms. The van der Waals surface area contributed by atoms with Gasteiger partial charge in [-0.3, -0.25) is 0 Å². The summed E-state index contributed by atoms with van der Waals surface area (Å²) in [4.78, 5) is 0. The SMILES string of the molecule is O=S(=O)(CCS)C(S(=O)(=O)C(F)(F)F)S(=O)(=O)C(F)(F)F. The highest BCUT2D eigenvalue weighted by Gasteiger charge is 2.67. The number of hydrogen-bond donors (Lipinski definition) is 1. The highest BCUT2D eigenvalue weighted by molar-refractivity contribution is 8.24. The number of alkyl halides is 6. The zero-order valence-electron chi connectivity index (χ0n) is 9.38. The van der Waals surface area contributed by atoms with Crippen LogP contribution in [0.4, 0.5) is 26.3 Å². The molecule has 0 unspecified atom stereocenters. The molecule has 0 aromatic carbocycles. The average Bonchev–Trinajstić information content (AvgIpc) is 2.10. The maximum absolute atomic E-state index is 12.3. The fourth-order valence-corrected chi connectivity index (χ4v) is 8.95. The first-order chi connectivity index (χ1) is 8.93. The first-order valence-corrected chi connectivity index (χ1v) is 9.79. The van der Waals surface area contributed by atoms with Crippen LogP contribution in [-0.4, -0.2) is 51.7 Å². The van der Waals surface area contributed by atoms with Gasteiger partial charge < -0.3 is 0 Å². The summed E-state index contributed by atoms with van der Waals surface area (Å²) in [5, 5.41) is 0. The standard InChI is InChI=1S/C5H6F6O6S4/c6-4(7,8)20(14,15)3(19(12,13)2-1-18)21(16,17)5(9,10)11/h3,18H,1-2H2. The van der Waals surface area contributed by atoms with Gasteiger partial charge in [-0.15, -0.1) is 0 Å². The molecule has 0 aromatic heterocycles. The van der Waals surface area contributed by atoms with E-state index in [0.29, 0.717) is 0 Å². The molecule has 0 bridgehead atoms. The summed E-state index contributed by atoms with van der Waals surface area (Å²) in [6.45, 7) is 0. The molecule has 0 aliphatic heterocycles. The molecule has 0 atom stereocenters. The Labute approximate surface area is 120 Å². The third-order valence-corrected chi connectivity index (χ3v) is 10.8. The molecule has 128 valence electrons. The third-order valence-electron chi connectivity index (χ3n) is 1.82. The molecule has 0 heterocycles. The van der Waals surface area contributed by atoms with Crippen molar-refractivity contribution >= 4 is 42.1 Å². The van der Waals surface area contributed by atoms with Gasteiger partial charge >= 0.3 is 11.0 Å². The van der Waals surface area contributed by atoms with Gasteiger partial charge in [-0.05, 0) is 0 Å². The van der Waals surface area contributed by atoms with Gasteiger partial charge in [0.1, 0.15) is 0 Å². The summed E-state index contributed by atoms with van der Waals surface area (Å²) < 4.78 is 135. The maximum Gasteiger partial charge on any atom is 0.499 e. The second kappa shape index (κ2) is 5.77. The summed E-state index contributed by atoms with van der Waals surface area (Å²) in [5.74, 6) is -2.51. The Morgan fingerprint density at radius 2 is 1.05 bits per heavy atom. The van der Waals surface area contributed by atoms with Gasteiger partial charge in [0.25, 0.3) is 23.6 Å². The topological polar surface area (TPSA) is 102 Å². The highest BCUT2D eigenvalue weighted by atomic mass is 32.3. The Kier molecular flexibility index (Phi) is 5.71. The first kappa shape index (κ1) is 20.8. The number of hydrogen-bond acceptors (Lipinski definition) is 7. The number of rotatable bonds is 5. The number of thiol groups is 1. The average molecular weight is 404 g/mol. The fraction of sp³-hybridized carbons (Fsp3) is 1.00. The lowest BCUT2D eigenvalue weighted by Crippen LogP contribution is -2.50. The van der Waals surface area contributed by atoms with E-state index in [2.05, 4.69) is 12.6 Å². The van der Waals surface area contributed by atoms with E-state index in [1.165, 1.54) is 0 Å². The van der Waals surface area contributed by atoms with E-state index in [4.69, 9.17) is 0 Å². The largest absolute Gasteiger partial charge is 0.499 e. The Hall–Kier alpha value is -0.220. The van der Waals surface area contributed by atoms with Gasteiger partial charge in [-0.25, -0.2) is 25.3 Å². The van der Waals surface area contributed by atoms with Crippen LogP contribution in [0.3, 0.4) is 0 Å². The highest BCUT2D eigenvalue weighted by Crippen LogP contribution is 2.38. The summed E-state index contributed by atoms with van der Waals surface area (Å²) >= 11 is 3.21.